The maximum Gasteiger partial charge on any atom is 0.259 e. The molecule has 0 radical (unpaired) electrons. The SMILES string of the molecule is Cc1ccc(N2CC(O)=C(c3nc4ccccc4c(=O)[nH]3)C2=N)c(C)c1. The number of anilines is 1. The van der Waals surface area contributed by atoms with E-state index in [0.717, 1.165) is 16.8 Å². The maximum atomic E-state index is 12.3. The lowest BCUT2D eigenvalue weighted by atomic mass is 10.1. The summed E-state index contributed by atoms with van der Waals surface area (Å²) in [6.07, 6.45) is 0. The number of nitrogens with zero attached hydrogens (tertiary/aromatic N) is 2. The Hall–Kier alpha value is -3.41. The molecule has 2 aromatic carbocycles. The lowest BCUT2D eigenvalue weighted by molar-refractivity contribution is 0.411. The number of nitrogens with one attached hydrogen (secondary N) is 2. The molecule has 6 heteroatoms. The van der Waals surface area contributed by atoms with Crippen molar-refractivity contribution in [3.63, 3.8) is 0 Å². The Balaban J connectivity index is 1.79. The number of fused-ring (bicyclic) bond motifs is 1. The monoisotopic (exact) mass is 346 g/mol. The van der Waals surface area contributed by atoms with Crippen LogP contribution in [0, 0.1) is 19.3 Å². The molecule has 3 N–H and O–H groups in total. The van der Waals surface area contributed by atoms with E-state index < -0.39 is 0 Å². The number of aliphatic hydroxyl groups is 1. The average molecular weight is 346 g/mol. The fourth-order valence-electron chi connectivity index (χ4n) is 3.35. The maximum absolute atomic E-state index is 12.3. The number of hydrogen-bond acceptors (Lipinski definition) is 4. The molecular weight excluding hydrogens is 328 g/mol. The molecule has 0 saturated heterocycles. The molecule has 1 aliphatic heterocycles. The molecule has 1 aromatic heterocycles. The predicted molar refractivity (Wildman–Crippen MR) is 103 cm³/mol. The fourth-order valence-corrected chi connectivity index (χ4v) is 3.35. The number of para-hydroxylation sites is 1. The second kappa shape index (κ2) is 5.84. The Labute approximate surface area is 150 Å². The molecule has 0 unspecified atom stereocenters. The van der Waals surface area contributed by atoms with Gasteiger partial charge in [-0.1, -0.05) is 29.8 Å². The number of hydrogen-bond donors (Lipinski definition) is 3. The molecule has 0 spiro atoms. The Bertz CT molecular complexity index is 1140. The van der Waals surface area contributed by atoms with Crippen molar-refractivity contribution in [2.75, 3.05) is 11.4 Å². The van der Waals surface area contributed by atoms with Gasteiger partial charge in [0.05, 0.1) is 23.0 Å². The quantitative estimate of drug-likeness (QED) is 0.664. The molecule has 0 amide bonds. The third-order valence-electron chi connectivity index (χ3n) is 4.60. The van der Waals surface area contributed by atoms with Crippen LogP contribution >= 0.6 is 0 Å². The molecule has 6 nitrogen and oxygen atoms in total. The van der Waals surface area contributed by atoms with Crippen LogP contribution in [-0.4, -0.2) is 27.5 Å². The van der Waals surface area contributed by atoms with Gasteiger partial charge in [0, 0.05) is 5.69 Å². The average Bonchev–Trinajstić information content (AvgIpc) is 2.89. The molecule has 4 rings (SSSR count). The van der Waals surface area contributed by atoms with Crippen molar-refractivity contribution in [3.05, 3.63) is 75.5 Å². The van der Waals surface area contributed by atoms with Crippen molar-refractivity contribution in [3.8, 4) is 0 Å². The van der Waals surface area contributed by atoms with Crippen LogP contribution in [0.4, 0.5) is 5.69 Å². The number of rotatable bonds is 2. The number of aromatic amines is 1. The van der Waals surface area contributed by atoms with E-state index in [1.54, 1.807) is 29.2 Å². The Morgan fingerprint density at radius 2 is 1.96 bits per heavy atom. The van der Waals surface area contributed by atoms with Gasteiger partial charge < -0.3 is 15.0 Å². The minimum atomic E-state index is -0.288. The number of aliphatic hydroxyl groups excluding tert-OH is 1. The first kappa shape index (κ1) is 16.1. The molecule has 3 aromatic rings. The van der Waals surface area contributed by atoms with Gasteiger partial charge in [-0.25, -0.2) is 4.98 Å². The minimum absolute atomic E-state index is 0.0217. The van der Waals surface area contributed by atoms with Crippen LogP contribution in [0.2, 0.25) is 0 Å². The van der Waals surface area contributed by atoms with Gasteiger partial charge in [-0.15, -0.1) is 0 Å². The largest absolute Gasteiger partial charge is 0.509 e. The zero-order valence-corrected chi connectivity index (χ0v) is 14.5. The van der Waals surface area contributed by atoms with Crippen LogP contribution in [-0.2, 0) is 0 Å². The van der Waals surface area contributed by atoms with Crippen molar-refractivity contribution in [1.82, 2.24) is 9.97 Å². The van der Waals surface area contributed by atoms with E-state index >= 15 is 0 Å². The van der Waals surface area contributed by atoms with Crippen molar-refractivity contribution in [2.45, 2.75) is 13.8 Å². The highest BCUT2D eigenvalue weighted by atomic mass is 16.3. The van der Waals surface area contributed by atoms with Gasteiger partial charge in [0.25, 0.3) is 5.56 Å². The molecule has 130 valence electrons. The summed E-state index contributed by atoms with van der Waals surface area (Å²) in [4.78, 5) is 21.2. The molecule has 0 aliphatic carbocycles. The Morgan fingerprint density at radius 1 is 1.19 bits per heavy atom. The van der Waals surface area contributed by atoms with Crippen LogP contribution < -0.4 is 10.5 Å². The highest BCUT2D eigenvalue weighted by Crippen LogP contribution is 2.31. The second-order valence-corrected chi connectivity index (χ2v) is 6.48. The second-order valence-electron chi connectivity index (χ2n) is 6.48. The van der Waals surface area contributed by atoms with Crippen molar-refractivity contribution in [2.24, 2.45) is 0 Å². The standard InChI is InChI=1S/C20H18N4O2/c1-11-7-8-15(12(2)9-11)24-10-16(25)17(18(24)21)19-22-14-6-4-3-5-13(14)20(26)23-19/h3-9,21,25H,10H2,1-2H3,(H,22,23,26). The summed E-state index contributed by atoms with van der Waals surface area (Å²) in [6.45, 7) is 4.16. The molecule has 2 heterocycles. The molecule has 0 saturated carbocycles. The predicted octanol–water partition coefficient (Wildman–Crippen LogP) is 3.31. The van der Waals surface area contributed by atoms with Gasteiger partial charge in [0.15, 0.2) is 0 Å². The highest BCUT2D eigenvalue weighted by molar-refractivity contribution is 6.30. The van der Waals surface area contributed by atoms with Gasteiger partial charge in [0.2, 0.25) is 0 Å². The third kappa shape index (κ3) is 2.47. The molecular formula is C20H18N4O2. The van der Waals surface area contributed by atoms with Crippen LogP contribution in [0.3, 0.4) is 0 Å². The minimum Gasteiger partial charge on any atom is -0.509 e. The van der Waals surface area contributed by atoms with Gasteiger partial charge >= 0.3 is 0 Å². The Kier molecular flexibility index (Phi) is 3.61. The van der Waals surface area contributed by atoms with E-state index in [0.29, 0.717) is 10.9 Å². The molecule has 0 atom stereocenters. The van der Waals surface area contributed by atoms with Crippen LogP contribution in [0.15, 0.2) is 53.0 Å². The van der Waals surface area contributed by atoms with Crippen LogP contribution in [0.5, 0.6) is 0 Å². The van der Waals surface area contributed by atoms with Crippen molar-refractivity contribution >= 4 is 28.0 Å². The normalized spacial score (nSPS) is 14.5. The number of H-pyrrole nitrogens is 1. The first-order chi connectivity index (χ1) is 12.5. The first-order valence-corrected chi connectivity index (χ1v) is 8.31. The topological polar surface area (TPSA) is 93.1 Å². The first-order valence-electron chi connectivity index (χ1n) is 8.31. The van der Waals surface area contributed by atoms with Crippen LogP contribution in [0.25, 0.3) is 16.5 Å². The smallest absolute Gasteiger partial charge is 0.259 e. The summed E-state index contributed by atoms with van der Waals surface area (Å²) in [6, 6.07) is 13.0. The van der Waals surface area contributed by atoms with Gasteiger partial charge in [0.1, 0.15) is 17.4 Å². The summed E-state index contributed by atoms with van der Waals surface area (Å²) >= 11 is 0. The van der Waals surface area contributed by atoms with Crippen molar-refractivity contribution in [1.29, 1.82) is 5.41 Å². The number of amidine groups is 1. The zero-order chi connectivity index (χ0) is 18.4. The Morgan fingerprint density at radius 3 is 2.73 bits per heavy atom. The summed E-state index contributed by atoms with van der Waals surface area (Å²) in [5.74, 6) is 0.352. The molecule has 0 bridgehead atoms. The zero-order valence-electron chi connectivity index (χ0n) is 14.5. The summed E-state index contributed by atoms with van der Waals surface area (Å²) in [5, 5.41) is 19.5. The summed E-state index contributed by atoms with van der Waals surface area (Å²) in [5.41, 5.74) is 3.50. The van der Waals surface area contributed by atoms with E-state index in [1.165, 1.54) is 0 Å². The molecule has 0 fully saturated rings. The fraction of sp³-hybridized carbons (Fsp3) is 0.150. The van der Waals surface area contributed by atoms with E-state index in [-0.39, 0.29) is 35.1 Å². The number of aryl methyl sites for hydroxylation is 2. The summed E-state index contributed by atoms with van der Waals surface area (Å²) < 4.78 is 0. The number of aromatic nitrogens is 2. The molecule has 26 heavy (non-hydrogen) atoms. The summed E-state index contributed by atoms with van der Waals surface area (Å²) in [7, 11) is 0. The van der Waals surface area contributed by atoms with Crippen LogP contribution in [0.1, 0.15) is 17.0 Å². The number of benzene rings is 2. The van der Waals surface area contributed by atoms with E-state index in [9.17, 15) is 9.90 Å². The highest BCUT2D eigenvalue weighted by Gasteiger charge is 2.31. The van der Waals surface area contributed by atoms with E-state index in [2.05, 4.69) is 9.97 Å². The van der Waals surface area contributed by atoms with E-state index in [4.69, 9.17) is 5.41 Å². The van der Waals surface area contributed by atoms with Gasteiger partial charge in [-0.05, 0) is 37.6 Å². The van der Waals surface area contributed by atoms with Gasteiger partial charge in [-0.3, -0.25) is 10.2 Å². The third-order valence-corrected chi connectivity index (χ3v) is 4.60. The lowest BCUT2D eigenvalue weighted by Crippen LogP contribution is -2.27. The van der Waals surface area contributed by atoms with Gasteiger partial charge in [-0.2, -0.15) is 0 Å². The van der Waals surface area contributed by atoms with Crippen molar-refractivity contribution < 1.29 is 5.11 Å². The van der Waals surface area contributed by atoms with E-state index in [1.807, 2.05) is 32.0 Å². The lowest BCUT2D eigenvalue weighted by Gasteiger charge is -2.21. The molecule has 1 aliphatic rings.